The zero-order chi connectivity index (χ0) is 11.6. The van der Waals surface area contributed by atoms with Crippen LogP contribution in [0.2, 0.25) is 0 Å². The van der Waals surface area contributed by atoms with Gasteiger partial charge in [0.15, 0.2) is 23.1 Å². The number of phenolic OH excluding ortho intramolecular Hbond substituents is 1. The van der Waals surface area contributed by atoms with Crippen molar-refractivity contribution < 1.29 is 19.0 Å². The third-order valence-corrected chi connectivity index (χ3v) is 2.42. The van der Waals surface area contributed by atoms with Crippen molar-refractivity contribution in [3.8, 4) is 17.2 Å². The van der Waals surface area contributed by atoms with Crippen LogP contribution in [-0.2, 0) is 0 Å². The minimum absolute atomic E-state index is 0.102. The van der Waals surface area contributed by atoms with Crippen LogP contribution in [0.1, 0.15) is 13.8 Å². The van der Waals surface area contributed by atoms with E-state index in [9.17, 15) is 9.50 Å². The molecule has 0 aromatic heterocycles. The fourth-order valence-electron chi connectivity index (χ4n) is 1.10. The van der Waals surface area contributed by atoms with Crippen molar-refractivity contribution in [3.05, 3.63) is 16.4 Å². The number of benzene rings is 1. The van der Waals surface area contributed by atoms with Gasteiger partial charge in [-0.25, -0.2) is 4.39 Å². The first kappa shape index (κ1) is 12.1. The zero-order valence-electron chi connectivity index (χ0n) is 8.67. The largest absolute Gasteiger partial charge is 0.504 e. The third-order valence-electron chi connectivity index (χ3n) is 1.68. The lowest BCUT2D eigenvalue weighted by molar-refractivity contribution is 0.227. The van der Waals surface area contributed by atoms with Crippen molar-refractivity contribution >= 4 is 15.9 Å². The van der Waals surface area contributed by atoms with Crippen LogP contribution in [0, 0.1) is 5.82 Å². The highest BCUT2D eigenvalue weighted by atomic mass is 79.9. The van der Waals surface area contributed by atoms with Gasteiger partial charge in [0.05, 0.1) is 13.2 Å². The van der Waals surface area contributed by atoms with E-state index in [2.05, 4.69) is 15.9 Å². The van der Waals surface area contributed by atoms with Gasteiger partial charge < -0.3 is 14.6 Å². The van der Waals surface area contributed by atoms with E-state index in [1.165, 1.54) is 7.11 Å². The lowest BCUT2D eigenvalue weighted by atomic mass is 10.3. The summed E-state index contributed by atoms with van der Waals surface area (Å²) in [7, 11) is 1.42. The van der Waals surface area contributed by atoms with Gasteiger partial charge in [-0.3, -0.25) is 0 Å². The summed E-state index contributed by atoms with van der Waals surface area (Å²) in [5.74, 6) is -0.696. The van der Waals surface area contributed by atoms with Gasteiger partial charge >= 0.3 is 0 Å². The predicted octanol–water partition coefficient (Wildman–Crippen LogP) is 3.09. The van der Waals surface area contributed by atoms with Gasteiger partial charge in [-0.1, -0.05) is 0 Å². The van der Waals surface area contributed by atoms with Crippen molar-refractivity contribution in [2.45, 2.75) is 20.0 Å². The summed E-state index contributed by atoms with van der Waals surface area (Å²) in [4.78, 5) is 0. The van der Waals surface area contributed by atoms with Gasteiger partial charge in [0.2, 0.25) is 0 Å². The second-order valence-electron chi connectivity index (χ2n) is 3.22. The maximum atomic E-state index is 13.2. The standard InChI is InChI=1S/C10H12BrFO3/c1-5(2)15-7-4-6(12)9(13)8(11)10(7)14-3/h4-5,13H,1-3H3. The van der Waals surface area contributed by atoms with Gasteiger partial charge in [0, 0.05) is 6.07 Å². The minimum Gasteiger partial charge on any atom is -0.504 e. The van der Waals surface area contributed by atoms with Crippen LogP contribution < -0.4 is 9.47 Å². The van der Waals surface area contributed by atoms with Crippen molar-refractivity contribution in [3.63, 3.8) is 0 Å². The Balaban J connectivity index is 3.25. The predicted molar refractivity (Wildman–Crippen MR) is 58.1 cm³/mol. The van der Waals surface area contributed by atoms with Gasteiger partial charge in [0.25, 0.3) is 0 Å². The van der Waals surface area contributed by atoms with Crippen LogP contribution >= 0.6 is 15.9 Å². The highest BCUT2D eigenvalue weighted by molar-refractivity contribution is 9.10. The number of hydrogen-bond donors (Lipinski definition) is 1. The summed E-state index contributed by atoms with van der Waals surface area (Å²) in [5.41, 5.74) is 0. The molecule has 0 spiro atoms. The number of aromatic hydroxyl groups is 1. The molecule has 0 aliphatic rings. The zero-order valence-corrected chi connectivity index (χ0v) is 10.3. The molecule has 0 saturated heterocycles. The number of hydrogen-bond acceptors (Lipinski definition) is 3. The first-order chi connectivity index (χ1) is 6.97. The van der Waals surface area contributed by atoms with Crippen LogP contribution in [-0.4, -0.2) is 18.3 Å². The molecule has 15 heavy (non-hydrogen) atoms. The molecular formula is C10H12BrFO3. The minimum atomic E-state index is -0.752. The van der Waals surface area contributed by atoms with Crippen molar-refractivity contribution in [1.29, 1.82) is 0 Å². The normalized spacial score (nSPS) is 10.5. The molecule has 1 rings (SSSR count). The van der Waals surface area contributed by atoms with Gasteiger partial charge in [0.1, 0.15) is 4.47 Å². The van der Waals surface area contributed by atoms with E-state index >= 15 is 0 Å². The molecule has 0 saturated carbocycles. The molecule has 1 N–H and O–H groups in total. The molecule has 5 heteroatoms. The van der Waals surface area contributed by atoms with Gasteiger partial charge in [-0.05, 0) is 29.8 Å². The Bertz CT molecular complexity index is 366. The summed E-state index contributed by atoms with van der Waals surface area (Å²) < 4.78 is 23.7. The number of methoxy groups -OCH3 is 1. The molecule has 3 nitrogen and oxygen atoms in total. The van der Waals surface area contributed by atoms with Crippen molar-refractivity contribution in [2.24, 2.45) is 0 Å². The topological polar surface area (TPSA) is 38.7 Å². The van der Waals surface area contributed by atoms with E-state index in [0.717, 1.165) is 6.07 Å². The van der Waals surface area contributed by atoms with E-state index in [0.29, 0.717) is 0 Å². The Morgan fingerprint density at radius 1 is 1.47 bits per heavy atom. The third kappa shape index (κ3) is 2.53. The molecule has 0 unspecified atom stereocenters. The molecule has 84 valence electrons. The second kappa shape index (κ2) is 4.70. The molecule has 0 amide bonds. The highest BCUT2D eigenvalue weighted by Crippen LogP contribution is 2.43. The van der Waals surface area contributed by atoms with Crippen molar-refractivity contribution in [2.75, 3.05) is 7.11 Å². The maximum Gasteiger partial charge on any atom is 0.178 e. The van der Waals surface area contributed by atoms with Crippen LogP contribution in [0.5, 0.6) is 17.2 Å². The number of rotatable bonds is 3. The fraction of sp³-hybridized carbons (Fsp3) is 0.400. The molecule has 0 bridgehead atoms. The van der Waals surface area contributed by atoms with E-state index in [4.69, 9.17) is 9.47 Å². The molecule has 0 heterocycles. The smallest absolute Gasteiger partial charge is 0.178 e. The summed E-state index contributed by atoms with van der Waals surface area (Å²) in [6.45, 7) is 3.64. The molecule has 0 radical (unpaired) electrons. The van der Waals surface area contributed by atoms with E-state index in [1.54, 1.807) is 0 Å². The molecule has 0 aliphatic carbocycles. The monoisotopic (exact) mass is 278 g/mol. The van der Waals surface area contributed by atoms with Crippen LogP contribution in [0.4, 0.5) is 4.39 Å². The summed E-state index contributed by atoms with van der Waals surface area (Å²) in [5, 5.41) is 9.32. The fourth-order valence-corrected chi connectivity index (χ4v) is 1.65. The first-order valence-corrected chi connectivity index (χ1v) is 5.18. The lowest BCUT2D eigenvalue weighted by Crippen LogP contribution is -2.07. The Labute approximate surface area is 95.9 Å². The van der Waals surface area contributed by atoms with Crippen LogP contribution in [0.25, 0.3) is 0 Å². The highest BCUT2D eigenvalue weighted by Gasteiger charge is 2.18. The Kier molecular flexibility index (Phi) is 3.79. The Morgan fingerprint density at radius 3 is 2.53 bits per heavy atom. The lowest BCUT2D eigenvalue weighted by Gasteiger charge is -2.15. The van der Waals surface area contributed by atoms with E-state index < -0.39 is 11.6 Å². The Morgan fingerprint density at radius 2 is 2.07 bits per heavy atom. The summed E-state index contributed by atoms with van der Waals surface area (Å²) >= 11 is 3.04. The molecular weight excluding hydrogens is 267 g/mol. The van der Waals surface area contributed by atoms with Crippen LogP contribution in [0.15, 0.2) is 10.5 Å². The first-order valence-electron chi connectivity index (χ1n) is 4.39. The van der Waals surface area contributed by atoms with Gasteiger partial charge in [-0.15, -0.1) is 0 Å². The van der Waals surface area contributed by atoms with Crippen LogP contribution in [0.3, 0.4) is 0 Å². The molecule has 0 fully saturated rings. The second-order valence-corrected chi connectivity index (χ2v) is 4.01. The molecule has 1 aromatic carbocycles. The maximum absolute atomic E-state index is 13.2. The summed E-state index contributed by atoms with van der Waals surface area (Å²) in [6.07, 6.45) is -0.102. The average Bonchev–Trinajstić information content (AvgIpc) is 2.14. The van der Waals surface area contributed by atoms with Crippen molar-refractivity contribution in [1.82, 2.24) is 0 Å². The summed E-state index contributed by atoms with van der Waals surface area (Å²) in [6, 6.07) is 1.10. The molecule has 0 atom stereocenters. The number of halogens is 2. The average molecular weight is 279 g/mol. The molecule has 0 aliphatic heterocycles. The number of phenols is 1. The van der Waals surface area contributed by atoms with E-state index in [-0.39, 0.29) is 22.1 Å². The molecule has 1 aromatic rings. The quantitative estimate of drug-likeness (QED) is 0.924. The van der Waals surface area contributed by atoms with Gasteiger partial charge in [-0.2, -0.15) is 0 Å². The Hall–Kier alpha value is -0.970. The number of ether oxygens (including phenoxy) is 2. The SMILES string of the molecule is COc1c(OC(C)C)cc(F)c(O)c1Br. The van der Waals surface area contributed by atoms with E-state index in [1.807, 2.05) is 13.8 Å².